The van der Waals surface area contributed by atoms with Crippen LogP contribution in [-0.2, 0) is 96.7 Å². The van der Waals surface area contributed by atoms with Gasteiger partial charge in [-0.3, -0.25) is 0 Å². The molecule has 9 N–H and O–H groups in total. The Morgan fingerprint density at radius 1 is 0.491 bits per heavy atom. The first-order chi connectivity index (χ1) is 25.2. The van der Waals surface area contributed by atoms with Gasteiger partial charge < -0.3 is 122 Å². The Hall–Kier alpha value is -0.150. The summed E-state index contributed by atoms with van der Waals surface area (Å²) in [6, 6.07) is -6.01. The standard InChI is InChI=1S/C15H25N2O10.C15H24N2O10.3Hf/c18-5-8(20)7(19)3-16-11-13(25)6(1-2-9(21)22)14(26)12(15(11)27)17-4-10(23)24;18-5-8(20)7(19)2-1-6-13(25)11(16-3-9(21)22)15(27)12(14(6)26)17-4-10(23)24;;;/h6-8,11-20H,1-5H2,(H,21,22)(H,23,24);6-8,11-18,20H,1-5H2,(H,21,22)(H,23,24);;;/q-3;-4;3*+4/p-4/t6-,7+,8-,11+,12-,13+,14-,15+;6?,7-,8+,11-,12+,13-,14+,15?;;;/m10.../s1. The largest absolute Gasteiger partial charge is 4.00 e. The van der Waals surface area contributed by atoms with Crippen molar-refractivity contribution < 1.29 is 178 Å². The molecule has 0 saturated heterocycles. The van der Waals surface area contributed by atoms with Crippen LogP contribution in [0.3, 0.4) is 0 Å². The van der Waals surface area contributed by atoms with E-state index in [1.54, 1.807) is 0 Å². The number of hydrogen-bond acceptors (Lipinski definition) is 24. The Morgan fingerprint density at radius 3 is 1.14 bits per heavy atom. The smallest absolute Gasteiger partial charge is 0.851 e. The molecule has 24 nitrogen and oxygen atoms in total. The van der Waals surface area contributed by atoms with E-state index in [0.29, 0.717) is 0 Å². The van der Waals surface area contributed by atoms with Gasteiger partial charge in [-0.1, -0.05) is 43.0 Å². The number of aliphatic hydroxyl groups is 5. The molecule has 0 spiro atoms. The molecule has 16 atom stereocenters. The van der Waals surface area contributed by atoms with Gasteiger partial charge in [0.05, 0.1) is 43.3 Å². The van der Waals surface area contributed by atoms with Crippen LogP contribution >= 0.6 is 0 Å². The third-order valence-electron chi connectivity index (χ3n) is 9.24. The first-order valence-corrected chi connectivity index (χ1v) is 16.8. The predicted molar refractivity (Wildman–Crippen MR) is 151 cm³/mol. The molecular weight excluding hydrogens is 1270 g/mol. The number of carbonyl (C=O) groups excluding carboxylic acids is 4. The second-order valence-corrected chi connectivity index (χ2v) is 13.0. The maximum Gasteiger partial charge on any atom is 4.00 e. The van der Waals surface area contributed by atoms with Gasteiger partial charge in [0.15, 0.2) is 0 Å². The number of aliphatic hydroxyl groups excluding tert-OH is 5. The first kappa shape index (κ1) is 61.2. The minimum atomic E-state index is -1.93. The number of rotatable bonds is 22. The van der Waals surface area contributed by atoms with Crippen LogP contribution in [0.5, 0.6) is 0 Å². The van der Waals surface area contributed by atoms with Crippen LogP contribution in [0.15, 0.2) is 0 Å². The minimum absolute atomic E-state index is 0. The number of aliphatic carboxylic acids is 4. The molecule has 2 aliphatic rings. The van der Waals surface area contributed by atoms with Crippen molar-refractivity contribution in [3.63, 3.8) is 0 Å². The number of hydrogen-bond donors (Lipinski definition) is 9. The van der Waals surface area contributed by atoms with Crippen molar-refractivity contribution in [3.8, 4) is 0 Å². The Labute approximate surface area is 383 Å². The van der Waals surface area contributed by atoms with E-state index in [9.17, 15) is 90.7 Å². The number of carboxylic acid groups (broad SMARTS) is 4. The zero-order chi connectivity index (χ0) is 41.4. The zero-order valence-electron chi connectivity index (χ0n) is 30.2. The Bertz CT molecular complexity index is 1030. The van der Waals surface area contributed by atoms with Gasteiger partial charge in [0.1, 0.15) is 6.10 Å². The quantitative estimate of drug-likeness (QED) is 0.0455. The van der Waals surface area contributed by atoms with E-state index in [1.165, 1.54) is 0 Å². The van der Waals surface area contributed by atoms with Gasteiger partial charge in [0.2, 0.25) is 0 Å². The third-order valence-corrected chi connectivity index (χ3v) is 9.24. The predicted octanol–water partition coefficient (Wildman–Crippen LogP) is -19.2. The van der Waals surface area contributed by atoms with Gasteiger partial charge in [-0.05, 0) is 37.0 Å². The molecule has 0 heterocycles. The number of carboxylic acids is 4. The Morgan fingerprint density at radius 2 is 0.825 bits per heavy atom. The summed E-state index contributed by atoms with van der Waals surface area (Å²) in [7, 11) is 0. The average Bonchev–Trinajstić information content (AvgIpc) is 3.09. The van der Waals surface area contributed by atoms with E-state index in [2.05, 4.69) is 21.3 Å². The van der Waals surface area contributed by atoms with E-state index >= 15 is 0 Å². The maximum absolute atomic E-state index is 12.6. The molecule has 0 aromatic carbocycles. The fourth-order valence-corrected chi connectivity index (χ4v) is 6.29. The van der Waals surface area contributed by atoms with Crippen molar-refractivity contribution in [1.82, 2.24) is 21.3 Å². The normalized spacial score (nSPS) is 31.6. The topological polar surface area (TPSA) is 471 Å². The van der Waals surface area contributed by atoms with E-state index in [-0.39, 0.29) is 96.8 Å². The van der Waals surface area contributed by atoms with E-state index < -0.39 is 167 Å². The summed E-state index contributed by atoms with van der Waals surface area (Å²) in [5.41, 5.74) is 0. The molecule has 0 aromatic heterocycles. The molecule has 2 saturated carbocycles. The van der Waals surface area contributed by atoms with Crippen LogP contribution in [-0.4, -0.2) is 174 Å². The summed E-state index contributed by atoms with van der Waals surface area (Å²) in [4.78, 5) is 42.4. The number of carbonyl (C=O) groups is 4. The summed E-state index contributed by atoms with van der Waals surface area (Å²) >= 11 is 0. The molecule has 316 valence electrons. The molecule has 0 aromatic rings. The van der Waals surface area contributed by atoms with Gasteiger partial charge in [0.25, 0.3) is 0 Å². The molecule has 57 heavy (non-hydrogen) atoms. The summed E-state index contributed by atoms with van der Waals surface area (Å²) in [5.74, 6) is -8.85. The van der Waals surface area contributed by atoms with Crippen LogP contribution in [0.25, 0.3) is 0 Å². The van der Waals surface area contributed by atoms with Gasteiger partial charge >= 0.3 is 77.5 Å². The van der Waals surface area contributed by atoms with Gasteiger partial charge in [-0.25, -0.2) is 0 Å². The van der Waals surface area contributed by atoms with Crippen molar-refractivity contribution >= 4 is 23.9 Å². The van der Waals surface area contributed by atoms with Crippen molar-refractivity contribution in [2.45, 2.75) is 111 Å². The van der Waals surface area contributed by atoms with E-state index in [1.807, 2.05) is 0 Å². The summed E-state index contributed by atoms with van der Waals surface area (Å²) < 4.78 is 0. The monoisotopic (exact) mass is 1320 g/mol. The third kappa shape index (κ3) is 20.1. The van der Waals surface area contributed by atoms with E-state index in [4.69, 9.17) is 10.2 Å². The molecule has 2 unspecified atom stereocenters. The maximum atomic E-state index is 12.6. The molecule has 2 aliphatic carbocycles. The molecule has 2 fully saturated rings. The molecule has 0 aliphatic heterocycles. The Balaban J connectivity index is -0.000000972. The SMILES string of the molecule is O=C([O-])CC[C@H]1[C@@H]([O-])[C@@H](NCC(=O)[O-])[C@@H]([O-])[C@@H](NC[C@H](O)[C@H](O)CO)[C@H]1[O-].O=C([O-])CN[C@@H]1C([O-])[C@H](NCC(=O)[O-])[C@H]([O-])C(CC[C@H]([O-])[C@H](O)CO)[C@@H]1[O-].[Hf+4].[Hf+4].[Hf+4]. The molecule has 2 rings (SSSR count). The second kappa shape index (κ2) is 30.8. The van der Waals surface area contributed by atoms with Crippen molar-refractivity contribution in [2.24, 2.45) is 11.8 Å². The second-order valence-electron chi connectivity index (χ2n) is 13.0. The molecular formula is C30H45Hf3N4O20+. The van der Waals surface area contributed by atoms with Gasteiger partial charge in [-0.15, -0.1) is 24.4 Å². The van der Waals surface area contributed by atoms with Crippen LogP contribution in [0.1, 0.15) is 25.7 Å². The van der Waals surface area contributed by atoms with Crippen molar-refractivity contribution in [2.75, 3.05) is 39.4 Å². The fourth-order valence-electron chi connectivity index (χ4n) is 6.29. The summed E-state index contributed by atoms with van der Waals surface area (Å²) in [6.45, 7) is -4.46. The van der Waals surface area contributed by atoms with Gasteiger partial charge in [-0.2, -0.15) is 0 Å². The zero-order valence-corrected chi connectivity index (χ0v) is 40.9. The van der Waals surface area contributed by atoms with Gasteiger partial charge in [0, 0.05) is 32.1 Å². The van der Waals surface area contributed by atoms with E-state index in [0.717, 1.165) is 0 Å². The first-order valence-electron chi connectivity index (χ1n) is 16.8. The van der Waals surface area contributed by atoms with Crippen molar-refractivity contribution in [1.29, 1.82) is 0 Å². The molecule has 0 bridgehead atoms. The number of nitrogens with one attached hydrogen (secondary N) is 4. The van der Waals surface area contributed by atoms with Crippen LogP contribution in [0.4, 0.5) is 0 Å². The average molecular weight is 1320 g/mol. The summed E-state index contributed by atoms with van der Waals surface area (Å²) in [5, 5.41) is 184. The molecule has 0 radical (unpaired) electrons. The van der Waals surface area contributed by atoms with Crippen LogP contribution in [0.2, 0.25) is 0 Å². The van der Waals surface area contributed by atoms with Crippen LogP contribution < -0.4 is 77.4 Å². The summed E-state index contributed by atoms with van der Waals surface area (Å²) in [6.07, 6.45) is -19.1. The van der Waals surface area contributed by atoms with Crippen molar-refractivity contribution in [3.05, 3.63) is 0 Å². The molecule has 0 amide bonds. The Kier molecular flexibility index (Phi) is 33.1. The molecule has 27 heteroatoms. The van der Waals surface area contributed by atoms with Crippen LogP contribution in [0, 0.1) is 11.8 Å². The fraction of sp³-hybridized carbons (Fsp3) is 0.867. The minimum Gasteiger partial charge on any atom is -0.851 e.